The van der Waals surface area contributed by atoms with Gasteiger partial charge in [0.25, 0.3) is 10.2 Å². The average molecular weight is 444 g/mol. The number of benzene rings is 2. The van der Waals surface area contributed by atoms with Gasteiger partial charge in [0.05, 0.1) is 4.90 Å². The molecule has 2 aromatic rings. The first-order chi connectivity index (χ1) is 13.7. The van der Waals surface area contributed by atoms with Crippen molar-refractivity contribution < 1.29 is 26.3 Å². The van der Waals surface area contributed by atoms with Gasteiger partial charge in [0.2, 0.25) is 10.0 Å². The molecule has 0 aliphatic heterocycles. The van der Waals surface area contributed by atoms with Crippen molar-refractivity contribution in [2.75, 3.05) is 40.4 Å². The Hall–Kier alpha value is -2.18. The van der Waals surface area contributed by atoms with Crippen LogP contribution >= 0.6 is 0 Å². The van der Waals surface area contributed by atoms with Crippen molar-refractivity contribution >= 4 is 20.2 Å². The molecule has 0 aromatic heterocycles. The third-order valence-electron chi connectivity index (χ3n) is 3.68. The van der Waals surface area contributed by atoms with Crippen LogP contribution in [0.3, 0.4) is 0 Å². The first kappa shape index (κ1) is 23.1. The topological polar surface area (TPSA) is 114 Å². The monoisotopic (exact) mass is 443 g/mol. The Balaban J connectivity index is 1.77. The van der Waals surface area contributed by atoms with Crippen molar-refractivity contribution in [3.05, 3.63) is 54.6 Å². The molecule has 0 aliphatic rings. The minimum absolute atomic E-state index is 0.0868. The van der Waals surface area contributed by atoms with Gasteiger partial charge in [-0.2, -0.15) is 17.4 Å². The van der Waals surface area contributed by atoms with Crippen molar-refractivity contribution in [2.45, 2.75) is 4.90 Å². The van der Waals surface area contributed by atoms with E-state index >= 15 is 0 Å². The van der Waals surface area contributed by atoms with Crippen molar-refractivity contribution in [1.29, 1.82) is 0 Å². The van der Waals surface area contributed by atoms with Crippen LogP contribution < -0.4 is 18.9 Å². The highest BCUT2D eigenvalue weighted by Crippen LogP contribution is 2.16. The largest absolute Gasteiger partial charge is 0.492 e. The van der Waals surface area contributed by atoms with Crippen LogP contribution in [0.2, 0.25) is 0 Å². The first-order valence-electron chi connectivity index (χ1n) is 8.78. The second kappa shape index (κ2) is 10.6. The number of nitrogens with zero attached hydrogens (tertiary/aromatic N) is 1. The van der Waals surface area contributed by atoms with E-state index in [9.17, 15) is 16.8 Å². The lowest BCUT2D eigenvalue weighted by atomic mass is 10.3. The molecule has 0 radical (unpaired) electrons. The Bertz CT molecular complexity index is 962. The SMILES string of the molecule is CN(C)S(=O)(=O)NCCOc1ccc(S(=O)(=O)NCCOc2ccccc2)cc1. The Morgan fingerprint density at radius 2 is 1.28 bits per heavy atom. The Morgan fingerprint density at radius 3 is 1.83 bits per heavy atom. The third-order valence-corrected chi connectivity index (χ3v) is 6.68. The van der Waals surface area contributed by atoms with Crippen LogP contribution in [0.4, 0.5) is 0 Å². The smallest absolute Gasteiger partial charge is 0.279 e. The van der Waals surface area contributed by atoms with Gasteiger partial charge in [0.1, 0.15) is 24.7 Å². The van der Waals surface area contributed by atoms with Gasteiger partial charge in [-0.15, -0.1) is 0 Å². The number of hydrogen-bond acceptors (Lipinski definition) is 6. The van der Waals surface area contributed by atoms with Crippen LogP contribution in [-0.4, -0.2) is 61.5 Å². The van der Waals surface area contributed by atoms with Gasteiger partial charge in [0, 0.05) is 27.2 Å². The molecule has 0 amide bonds. The lowest BCUT2D eigenvalue weighted by Crippen LogP contribution is -2.37. The second-order valence-corrected chi connectivity index (χ2v) is 9.80. The minimum atomic E-state index is -3.67. The summed E-state index contributed by atoms with van der Waals surface area (Å²) in [4.78, 5) is 0.0953. The van der Waals surface area contributed by atoms with Gasteiger partial charge in [-0.25, -0.2) is 13.1 Å². The summed E-state index contributed by atoms with van der Waals surface area (Å²) in [6.07, 6.45) is 0. The molecule has 0 saturated carbocycles. The lowest BCUT2D eigenvalue weighted by Gasteiger charge is -2.13. The highest BCUT2D eigenvalue weighted by Gasteiger charge is 2.14. The summed E-state index contributed by atoms with van der Waals surface area (Å²) in [6, 6.07) is 15.0. The minimum Gasteiger partial charge on any atom is -0.492 e. The van der Waals surface area contributed by atoms with E-state index in [0.717, 1.165) is 4.31 Å². The Labute approximate surface area is 171 Å². The number of sulfonamides is 1. The van der Waals surface area contributed by atoms with E-state index in [1.807, 2.05) is 18.2 Å². The van der Waals surface area contributed by atoms with Crippen LogP contribution in [-0.2, 0) is 20.2 Å². The van der Waals surface area contributed by atoms with Crippen LogP contribution in [0.5, 0.6) is 11.5 Å². The number of hydrogen-bond donors (Lipinski definition) is 2. The molecule has 0 atom stereocenters. The molecule has 160 valence electrons. The van der Waals surface area contributed by atoms with E-state index in [2.05, 4.69) is 9.44 Å². The van der Waals surface area contributed by atoms with Gasteiger partial charge in [0.15, 0.2) is 0 Å². The summed E-state index contributed by atoms with van der Waals surface area (Å²) in [7, 11) is -4.33. The molecule has 0 bridgehead atoms. The van der Waals surface area contributed by atoms with E-state index in [1.165, 1.54) is 38.4 Å². The highest BCUT2D eigenvalue weighted by atomic mass is 32.2. The normalized spacial score (nSPS) is 12.1. The van der Waals surface area contributed by atoms with Gasteiger partial charge in [-0.1, -0.05) is 18.2 Å². The van der Waals surface area contributed by atoms with Crippen LogP contribution in [0.15, 0.2) is 59.5 Å². The third kappa shape index (κ3) is 7.63. The van der Waals surface area contributed by atoms with Gasteiger partial charge < -0.3 is 9.47 Å². The molecule has 0 fully saturated rings. The summed E-state index contributed by atoms with van der Waals surface area (Å²) in [5, 5.41) is 0. The van der Waals surface area contributed by atoms with E-state index in [-0.39, 0.29) is 31.2 Å². The number of rotatable bonds is 12. The molecule has 29 heavy (non-hydrogen) atoms. The molecular formula is C18H25N3O6S2. The molecule has 2 rings (SSSR count). The molecule has 2 N–H and O–H groups in total. The molecule has 0 heterocycles. The standard InChI is InChI=1S/C18H25N3O6S2/c1-21(2)29(24,25)20-13-15-27-17-8-10-18(11-9-17)28(22,23)19-12-14-26-16-6-4-3-5-7-16/h3-11,19-20H,12-15H2,1-2H3. The predicted molar refractivity (Wildman–Crippen MR) is 110 cm³/mol. The van der Waals surface area contributed by atoms with E-state index in [0.29, 0.717) is 11.5 Å². The molecule has 11 heteroatoms. The fourth-order valence-corrected chi connectivity index (χ4v) is 3.74. The molecule has 0 spiro atoms. The second-order valence-electron chi connectivity index (χ2n) is 6.06. The zero-order valence-electron chi connectivity index (χ0n) is 16.2. The van der Waals surface area contributed by atoms with E-state index in [1.54, 1.807) is 12.1 Å². The summed E-state index contributed by atoms with van der Waals surface area (Å²) in [6.45, 7) is 0.520. The average Bonchev–Trinajstić information content (AvgIpc) is 2.70. The first-order valence-corrected chi connectivity index (χ1v) is 11.7. The van der Waals surface area contributed by atoms with Crippen LogP contribution in [0.25, 0.3) is 0 Å². The fourth-order valence-electron chi connectivity index (χ4n) is 2.13. The Morgan fingerprint density at radius 1 is 0.759 bits per heavy atom. The van der Waals surface area contributed by atoms with Gasteiger partial charge in [-0.05, 0) is 36.4 Å². The lowest BCUT2D eigenvalue weighted by molar-refractivity contribution is 0.321. The van der Waals surface area contributed by atoms with Gasteiger partial charge >= 0.3 is 0 Å². The van der Waals surface area contributed by atoms with Crippen molar-refractivity contribution in [1.82, 2.24) is 13.7 Å². The van der Waals surface area contributed by atoms with Crippen molar-refractivity contribution in [2.24, 2.45) is 0 Å². The maximum atomic E-state index is 12.3. The van der Waals surface area contributed by atoms with Crippen LogP contribution in [0, 0.1) is 0 Å². The predicted octanol–water partition coefficient (Wildman–Crippen LogP) is 0.819. The van der Waals surface area contributed by atoms with Crippen molar-refractivity contribution in [3.63, 3.8) is 0 Å². The summed E-state index contributed by atoms with van der Waals surface area (Å²) >= 11 is 0. The van der Waals surface area contributed by atoms with E-state index in [4.69, 9.17) is 9.47 Å². The quantitative estimate of drug-likeness (QED) is 0.470. The Kier molecular flexibility index (Phi) is 8.41. The molecule has 2 aromatic carbocycles. The van der Waals surface area contributed by atoms with Gasteiger partial charge in [-0.3, -0.25) is 0 Å². The number of ether oxygens (including phenoxy) is 2. The molecule has 0 saturated heterocycles. The zero-order valence-corrected chi connectivity index (χ0v) is 17.9. The number of nitrogens with one attached hydrogen (secondary N) is 2. The summed E-state index contributed by atoms with van der Waals surface area (Å²) in [5.74, 6) is 1.10. The number of para-hydroxylation sites is 1. The summed E-state index contributed by atoms with van der Waals surface area (Å²) < 4.78 is 64.5. The molecule has 0 aliphatic carbocycles. The van der Waals surface area contributed by atoms with E-state index < -0.39 is 20.2 Å². The van der Waals surface area contributed by atoms with Crippen LogP contribution in [0.1, 0.15) is 0 Å². The summed E-state index contributed by atoms with van der Waals surface area (Å²) in [5.41, 5.74) is 0. The fraction of sp³-hybridized carbons (Fsp3) is 0.333. The highest BCUT2D eigenvalue weighted by molar-refractivity contribution is 7.89. The maximum absolute atomic E-state index is 12.3. The van der Waals surface area contributed by atoms with Crippen molar-refractivity contribution in [3.8, 4) is 11.5 Å². The zero-order chi connectivity index (χ0) is 21.3. The molecule has 9 nitrogen and oxygen atoms in total. The molecular weight excluding hydrogens is 418 g/mol. The molecule has 0 unspecified atom stereocenters. The maximum Gasteiger partial charge on any atom is 0.279 e.